The van der Waals surface area contributed by atoms with Crippen LogP contribution in [0.25, 0.3) is 4.98 Å². The highest BCUT2D eigenvalue weighted by atomic mass is 16.1. The summed E-state index contributed by atoms with van der Waals surface area (Å²) in [5.74, 6) is -0.139. The van der Waals surface area contributed by atoms with Crippen LogP contribution in [0.2, 0.25) is 0 Å². The minimum atomic E-state index is -0.139. The lowest BCUT2D eigenvalue weighted by atomic mass is 10.2. The van der Waals surface area contributed by atoms with Gasteiger partial charge in [0.15, 0.2) is 4.98 Å². The quantitative estimate of drug-likeness (QED) is 0.653. The number of carbonyl (C=O) groups excluding carboxylic acids is 1. The van der Waals surface area contributed by atoms with Gasteiger partial charge < -0.3 is 10.6 Å². The van der Waals surface area contributed by atoms with E-state index in [1.165, 1.54) is 0 Å². The molecule has 0 aliphatic rings. The molecular formula is C19H15N4O+. The Bertz CT molecular complexity index is 866. The monoisotopic (exact) mass is 315 g/mol. The van der Waals surface area contributed by atoms with E-state index < -0.39 is 0 Å². The summed E-state index contributed by atoms with van der Waals surface area (Å²) in [7, 11) is 0. The zero-order chi connectivity index (χ0) is 16.8. The van der Waals surface area contributed by atoms with Crippen molar-refractivity contribution in [3.05, 3.63) is 89.4 Å². The predicted octanol–water partition coefficient (Wildman–Crippen LogP) is 5.17. The van der Waals surface area contributed by atoms with Crippen molar-refractivity contribution in [1.29, 1.82) is 5.39 Å². The molecule has 3 aromatic carbocycles. The summed E-state index contributed by atoms with van der Waals surface area (Å²) in [5, 5.41) is 14.8. The Morgan fingerprint density at radius 1 is 0.750 bits per heavy atom. The Hall–Kier alpha value is -3.65. The maximum absolute atomic E-state index is 12.1. The van der Waals surface area contributed by atoms with Crippen LogP contribution in [0.4, 0.5) is 22.7 Å². The molecule has 0 spiro atoms. The van der Waals surface area contributed by atoms with Crippen LogP contribution in [0.3, 0.4) is 0 Å². The van der Waals surface area contributed by atoms with Crippen LogP contribution >= 0.6 is 0 Å². The highest BCUT2D eigenvalue weighted by Crippen LogP contribution is 2.21. The fourth-order valence-corrected chi connectivity index (χ4v) is 2.21. The van der Waals surface area contributed by atoms with E-state index in [2.05, 4.69) is 15.6 Å². The lowest BCUT2D eigenvalue weighted by molar-refractivity contribution is 0.102. The molecule has 0 atom stereocenters. The number of hydrogen-bond donors (Lipinski definition) is 2. The normalized spacial score (nSPS) is 9.79. The average Bonchev–Trinajstić information content (AvgIpc) is 2.65. The Kier molecular flexibility index (Phi) is 4.50. The van der Waals surface area contributed by atoms with Crippen molar-refractivity contribution in [3.8, 4) is 0 Å². The van der Waals surface area contributed by atoms with Crippen LogP contribution < -0.4 is 10.6 Å². The van der Waals surface area contributed by atoms with Gasteiger partial charge in [0.2, 0.25) is 5.39 Å². The van der Waals surface area contributed by atoms with Gasteiger partial charge in [-0.1, -0.05) is 18.2 Å². The second kappa shape index (κ2) is 7.07. The predicted molar refractivity (Wildman–Crippen MR) is 95.3 cm³/mol. The summed E-state index contributed by atoms with van der Waals surface area (Å²) in [6, 6.07) is 23.6. The Balaban J connectivity index is 1.65. The fraction of sp³-hybridized carbons (Fsp3) is 0. The van der Waals surface area contributed by atoms with Gasteiger partial charge in [0, 0.05) is 34.8 Å². The lowest BCUT2D eigenvalue weighted by Gasteiger charge is -2.08. The number of benzene rings is 3. The largest absolute Gasteiger partial charge is 0.385 e. The van der Waals surface area contributed by atoms with Crippen molar-refractivity contribution in [2.75, 3.05) is 10.6 Å². The van der Waals surface area contributed by atoms with Crippen molar-refractivity contribution in [2.45, 2.75) is 0 Å². The number of amides is 1. The van der Waals surface area contributed by atoms with Crippen LogP contribution in [-0.4, -0.2) is 5.91 Å². The molecule has 0 saturated carbocycles. The molecule has 2 N–H and O–H groups in total. The molecule has 0 fully saturated rings. The molecule has 0 radical (unpaired) electrons. The number of rotatable bonds is 4. The Morgan fingerprint density at radius 3 is 1.88 bits per heavy atom. The van der Waals surface area contributed by atoms with Crippen LogP contribution in [0.5, 0.6) is 0 Å². The zero-order valence-electron chi connectivity index (χ0n) is 12.8. The van der Waals surface area contributed by atoms with E-state index in [9.17, 15) is 4.79 Å². The summed E-state index contributed by atoms with van der Waals surface area (Å²) in [5.41, 5.74) is 3.61. The van der Waals surface area contributed by atoms with Crippen molar-refractivity contribution >= 4 is 28.7 Å². The molecule has 116 valence electrons. The molecule has 5 nitrogen and oxygen atoms in total. The standard InChI is InChI=1S/C19H14N4O/c20-23-18-12-10-16(11-13-18)21-15-6-8-17(9-7-15)22-19(24)14-4-2-1-3-5-14/h1-13,20H/p+1. The molecule has 0 aromatic heterocycles. The highest BCUT2D eigenvalue weighted by molar-refractivity contribution is 6.04. The maximum atomic E-state index is 12.1. The van der Waals surface area contributed by atoms with E-state index in [-0.39, 0.29) is 5.91 Å². The molecule has 0 saturated heterocycles. The molecule has 0 aliphatic carbocycles. The summed E-state index contributed by atoms with van der Waals surface area (Å²) < 4.78 is 0. The molecule has 24 heavy (non-hydrogen) atoms. The minimum Gasteiger partial charge on any atom is -0.356 e. The Morgan fingerprint density at radius 2 is 1.29 bits per heavy atom. The van der Waals surface area contributed by atoms with E-state index in [4.69, 9.17) is 5.39 Å². The van der Waals surface area contributed by atoms with Gasteiger partial charge in [0.1, 0.15) is 0 Å². The first-order valence-electron chi connectivity index (χ1n) is 7.43. The van der Waals surface area contributed by atoms with Crippen molar-refractivity contribution in [2.24, 2.45) is 0 Å². The molecular weight excluding hydrogens is 300 g/mol. The van der Waals surface area contributed by atoms with Gasteiger partial charge in [-0.05, 0) is 48.5 Å². The molecule has 3 rings (SSSR count). The zero-order valence-corrected chi connectivity index (χ0v) is 12.8. The van der Waals surface area contributed by atoms with Gasteiger partial charge >= 0.3 is 5.69 Å². The topological polar surface area (TPSA) is 69.3 Å². The van der Waals surface area contributed by atoms with Crippen molar-refractivity contribution in [3.63, 3.8) is 0 Å². The first-order chi connectivity index (χ1) is 11.7. The first kappa shape index (κ1) is 15.3. The summed E-state index contributed by atoms with van der Waals surface area (Å²) in [6.07, 6.45) is 0. The fourth-order valence-electron chi connectivity index (χ4n) is 2.21. The smallest absolute Gasteiger partial charge is 0.356 e. The van der Waals surface area contributed by atoms with E-state index in [0.29, 0.717) is 11.3 Å². The number of carbonyl (C=O) groups is 1. The molecule has 0 unspecified atom stereocenters. The second-order valence-electron chi connectivity index (χ2n) is 5.17. The van der Waals surface area contributed by atoms with Crippen molar-refractivity contribution < 1.29 is 4.79 Å². The third kappa shape index (κ3) is 3.76. The van der Waals surface area contributed by atoms with Gasteiger partial charge in [-0.15, -0.1) is 0 Å². The van der Waals surface area contributed by atoms with E-state index in [0.717, 1.165) is 17.1 Å². The van der Waals surface area contributed by atoms with Crippen molar-refractivity contribution in [1.82, 2.24) is 0 Å². The number of diazo groups is 1. The van der Waals surface area contributed by atoms with Crippen LogP contribution in [0.1, 0.15) is 10.4 Å². The highest BCUT2D eigenvalue weighted by Gasteiger charge is 2.05. The molecule has 1 amide bonds. The van der Waals surface area contributed by atoms with Gasteiger partial charge in [-0.2, -0.15) is 0 Å². The summed E-state index contributed by atoms with van der Waals surface area (Å²) >= 11 is 0. The molecule has 0 heterocycles. The van der Waals surface area contributed by atoms with E-state index in [1.807, 2.05) is 54.6 Å². The number of anilines is 3. The van der Waals surface area contributed by atoms with Gasteiger partial charge in [-0.25, -0.2) is 0 Å². The van der Waals surface area contributed by atoms with Gasteiger partial charge in [0.25, 0.3) is 5.91 Å². The van der Waals surface area contributed by atoms with Gasteiger partial charge in [-0.3, -0.25) is 4.79 Å². The second-order valence-corrected chi connectivity index (χ2v) is 5.17. The summed E-state index contributed by atoms with van der Waals surface area (Å²) in [4.78, 5) is 15.2. The molecule has 0 bridgehead atoms. The number of nitrogens with zero attached hydrogens (tertiary/aromatic N) is 2. The maximum Gasteiger partial charge on any atom is 0.385 e. The SMILES string of the molecule is N#[N+]c1ccc(Nc2ccc(NC(=O)c3ccccc3)cc2)cc1. The molecule has 5 heteroatoms. The summed E-state index contributed by atoms with van der Waals surface area (Å²) in [6.45, 7) is 0. The van der Waals surface area contributed by atoms with Crippen LogP contribution in [0, 0.1) is 5.39 Å². The third-order valence-electron chi connectivity index (χ3n) is 3.45. The van der Waals surface area contributed by atoms with Gasteiger partial charge in [0.05, 0.1) is 0 Å². The third-order valence-corrected chi connectivity index (χ3v) is 3.45. The first-order valence-corrected chi connectivity index (χ1v) is 7.43. The molecule has 3 aromatic rings. The molecule has 0 aliphatic heterocycles. The van der Waals surface area contributed by atoms with E-state index in [1.54, 1.807) is 24.3 Å². The van der Waals surface area contributed by atoms with Crippen LogP contribution in [0.15, 0.2) is 78.9 Å². The Labute approximate surface area is 139 Å². The lowest BCUT2D eigenvalue weighted by Crippen LogP contribution is -2.11. The minimum absolute atomic E-state index is 0.139. The van der Waals surface area contributed by atoms with Crippen LogP contribution in [-0.2, 0) is 0 Å². The number of nitrogens with one attached hydrogen (secondary N) is 2. The average molecular weight is 315 g/mol. The van der Waals surface area contributed by atoms with E-state index >= 15 is 0 Å². The number of hydrogen-bond acceptors (Lipinski definition) is 3.